The monoisotopic (exact) mass is 261 g/mol. The second-order valence-corrected chi connectivity index (χ2v) is 6.22. The van der Waals surface area contributed by atoms with Gasteiger partial charge >= 0.3 is 0 Å². The van der Waals surface area contributed by atoms with Crippen LogP contribution in [-0.4, -0.2) is 39.2 Å². The van der Waals surface area contributed by atoms with Crippen LogP contribution in [0.25, 0.3) is 0 Å². The van der Waals surface area contributed by atoms with Crippen molar-refractivity contribution in [3.8, 4) is 0 Å². The minimum absolute atomic E-state index is 0.0258. The highest BCUT2D eigenvalue weighted by Crippen LogP contribution is 2.45. The molecular weight excluding hydrogens is 242 g/mol. The van der Waals surface area contributed by atoms with Crippen molar-refractivity contribution < 1.29 is 14.2 Å². The molecule has 1 rings (SSSR count). The molecule has 0 aromatic rings. The van der Waals surface area contributed by atoms with Crippen LogP contribution in [0.5, 0.6) is 0 Å². The van der Waals surface area contributed by atoms with Crippen molar-refractivity contribution in [3.63, 3.8) is 0 Å². The molecular formula is C10H19N3O3S. The van der Waals surface area contributed by atoms with E-state index in [1.165, 1.54) is 0 Å². The van der Waals surface area contributed by atoms with E-state index in [0.29, 0.717) is 25.8 Å². The third-order valence-electron chi connectivity index (χ3n) is 3.19. The zero-order chi connectivity index (χ0) is 13.1. The van der Waals surface area contributed by atoms with E-state index >= 15 is 0 Å². The molecule has 1 aliphatic rings. The number of nitrogens with one attached hydrogen (secondary N) is 1. The zero-order valence-electron chi connectivity index (χ0n) is 10.1. The van der Waals surface area contributed by atoms with E-state index < -0.39 is 16.2 Å². The van der Waals surface area contributed by atoms with Gasteiger partial charge in [-0.2, -0.15) is 0 Å². The van der Waals surface area contributed by atoms with Gasteiger partial charge in [0.05, 0.1) is 0 Å². The molecule has 1 amide bonds. The van der Waals surface area contributed by atoms with Gasteiger partial charge in [-0.15, -0.1) is 0 Å². The lowest BCUT2D eigenvalue weighted by Crippen LogP contribution is -2.41. The summed E-state index contributed by atoms with van der Waals surface area (Å²) in [6.45, 7) is 2.33. The molecule has 0 spiro atoms. The fourth-order valence-corrected chi connectivity index (χ4v) is 1.99. The van der Waals surface area contributed by atoms with Gasteiger partial charge in [0.1, 0.15) is 5.41 Å². The number of hydrogen-bond donors (Lipinski definition) is 3. The minimum atomic E-state index is -0.881. The van der Waals surface area contributed by atoms with Crippen LogP contribution in [0, 0.1) is 5.41 Å². The molecule has 4 N–H and O–H groups in total. The molecule has 1 fully saturated rings. The van der Waals surface area contributed by atoms with Gasteiger partial charge in [-0.05, 0) is 19.3 Å². The van der Waals surface area contributed by atoms with Crippen LogP contribution in [0.3, 0.4) is 0 Å². The van der Waals surface area contributed by atoms with E-state index in [4.69, 9.17) is 10.9 Å². The van der Waals surface area contributed by atoms with Crippen LogP contribution >= 0.6 is 0 Å². The number of amides is 1. The quantitative estimate of drug-likeness (QED) is 0.266. The summed E-state index contributed by atoms with van der Waals surface area (Å²) in [7, 11) is -0.881. The van der Waals surface area contributed by atoms with E-state index in [-0.39, 0.29) is 17.0 Å². The Labute approximate surface area is 103 Å². The summed E-state index contributed by atoms with van der Waals surface area (Å²) in [4.78, 5) is 11.8. The smallest absolute Gasteiger partial charge is 0.233 e. The van der Waals surface area contributed by atoms with Crippen molar-refractivity contribution in [1.82, 2.24) is 5.32 Å². The van der Waals surface area contributed by atoms with Crippen molar-refractivity contribution in [1.29, 1.82) is 0 Å². The lowest BCUT2D eigenvalue weighted by molar-refractivity contribution is -0.124. The Kier molecular flexibility index (Phi) is 4.50. The van der Waals surface area contributed by atoms with Crippen molar-refractivity contribution in [2.24, 2.45) is 16.3 Å². The van der Waals surface area contributed by atoms with Gasteiger partial charge < -0.3 is 16.3 Å². The highest BCUT2D eigenvalue weighted by Gasteiger charge is 2.54. The van der Waals surface area contributed by atoms with Crippen LogP contribution in [0.1, 0.15) is 26.2 Å². The molecule has 0 aliphatic heterocycles. The second-order valence-electron chi connectivity index (χ2n) is 4.42. The number of hydrogen-bond acceptors (Lipinski definition) is 4. The molecule has 98 valence electrons. The summed E-state index contributed by atoms with van der Waals surface area (Å²) >= 11 is 0. The number of nitrogens with two attached hydrogens (primary N) is 1. The molecule has 0 aromatic carbocycles. The van der Waals surface area contributed by atoms with E-state index in [9.17, 15) is 9.00 Å². The topological polar surface area (TPSA) is 105 Å². The Morgan fingerprint density at radius 3 is 2.65 bits per heavy atom. The predicted octanol–water partition coefficient (Wildman–Crippen LogP) is -0.214. The maximum atomic E-state index is 11.8. The molecule has 17 heavy (non-hydrogen) atoms. The molecule has 0 heterocycles. The molecule has 2 atom stereocenters. The number of nitrogens with zero attached hydrogens (tertiary/aromatic N) is 1. The average molecular weight is 261 g/mol. The number of carbonyl (C=O) groups is 1. The molecule has 0 saturated heterocycles. The Hall–Kier alpha value is -1.11. The molecule has 1 aliphatic carbocycles. The predicted molar refractivity (Wildman–Crippen MR) is 66.2 cm³/mol. The minimum Gasteiger partial charge on any atom is -0.409 e. The summed E-state index contributed by atoms with van der Waals surface area (Å²) < 4.78 is 11.1. The first-order valence-electron chi connectivity index (χ1n) is 5.52. The summed E-state index contributed by atoms with van der Waals surface area (Å²) in [5.41, 5.74) is 4.68. The van der Waals surface area contributed by atoms with Crippen LogP contribution in [0.15, 0.2) is 5.16 Å². The molecule has 6 nitrogen and oxygen atoms in total. The zero-order valence-corrected chi connectivity index (χ0v) is 10.9. The third kappa shape index (κ3) is 3.18. The lowest BCUT2D eigenvalue weighted by Gasteiger charge is -2.14. The first-order chi connectivity index (χ1) is 7.94. The number of carbonyl (C=O) groups excluding carboxylic acids is 1. The number of oxime groups is 1. The van der Waals surface area contributed by atoms with E-state index in [2.05, 4.69) is 10.5 Å². The molecule has 0 bridgehead atoms. The van der Waals surface area contributed by atoms with Crippen LogP contribution in [0.4, 0.5) is 0 Å². The molecule has 1 saturated carbocycles. The molecule has 0 radical (unpaired) electrons. The largest absolute Gasteiger partial charge is 0.409 e. The Bertz CT molecular complexity index is 353. The van der Waals surface area contributed by atoms with Gasteiger partial charge in [0.15, 0.2) is 5.84 Å². The number of rotatable bonds is 6. The van der Waals surface area contributed by atoms with Crippen molar-refractivity contribution in [3.05, 3.63) is 0 Å². The molecule has 0 aromatic heterocycles. The third-order valence-corrected chi connectivity index (χ3v) is 4.55. The standard InChI is InChI=1S/C10H19N3O3S/c1-7(17(2)16)3-6-12-9(14)10(4-5-10)8(11)13-15/h7,15H,3-6H2,1-2H3,(H2,11,13)(H,12,14). The van der Waals surface area contributed by atoms with Crippen LogP contribution < -0.4 is 11.1 Å². The van der Waals surface area contributed by atoms with Gasteiger partial charge in [-0.3, -0.25) is 9.00 Å². The summed E-state index contributed by atoms with van der Waals surface area (Å²) in [5.74, 6) is -0.232. The summed E-state index contributed by atoms with van der Waals surface area (Å²) in [6.07, 6.45) is 3.53. The Morgan fingerprint density at radius 2 is 2.24 bits per heavy atom. The maximum absolute atomic E-state index is 11.8. The molecule has 2 unspecified atom stereocenters. The van der Waals surface area contributed by atoms with E-state index in [0.717, 1.165) is 0 Å². The SMILES string of the molecule is CC(CCNC(=O)C1(C(N)=NO)CC1)S(C)=O. The average Bonchev–Trinajstić information content (AvgIpc) is 3.08. The van der Waals surface area contributed by atoms with Gasteiger partial charge in [-0.25, -0.2) is 0 Å². The van der Waals surface area contributed by atoms with Crippen molar-refractivity contribution in [2.75, 3.05) is 12.8 Å². The van der Waals surface area contributed by atoms with Crippen LogP contribution in [0.2, 0.25) is 0 Å². The van der Waals surface area contributed by atoms with Crippen LogP contribution in [-0.2, 0) is 15.6 Å². The first kappa shape index (κ1) is 14.0. The van der Waals surface area contributed by atoms with E-state index in [1.807, 2.05) is 6.92 Å². The highest BCUT2D eigenvalue weighted by molar-refractivity contribution is 7.84. The number of amidine groups is 1. The Morgan fingerprint density at radius 1 is 1.65 bits per heavy atom. The Balaban J connectivity index is 2.39. The fourth-order valence-electron chi connectivity index (χ4n) is 1.54. The van der Waals surface area contributed by atoms with Crippen molar-refractivity contribution in [2.45, 2.75) is 31.4 Å². The van der Waals surface area contributed by atoms with Gasteiger partial charge in [0.25, 0.3) is 0 Å². The highest BCUT2D eigenvalue weighted by atomic mass is 32.2. The van der Waals surface area contributed by atoms with Gasteiger partial charge in [0.2, 0.25) is 5.91 Å². The van der Waals surface area contributed by atoms with E-state index in [1.54, 1.807) is 6.26 Å². The fraction of sp³-hybridized carbons (Fsp3) is 0.800. The maximum Gasteiger partial charge on any atom is 0.233 e. The van der Waals surface area contributed by atoms with Crippen molar-refractivity contribution >= 4 is 22.5 Å². The first-order valence-corrected chi connectivity index (χ1v) is 7.14. The summed E-state index contributed by atoms with van der Waals surface area (Å²) in [5, 5.41) is 14.3. The molecule has 7 heteroatoms. The summed E-state index contributed by atoms with van der Waals surface area (Å²) in [6, 6.07) is 0. The second kappa shape index (κ2) is 5.48. The van der Waals surface area contributed by atoms with Gasteiger partial charge in [-0.1, -0.05) is 12.1 Å². The van der Waals surface area contributed by atoms with Gasteiger partial charge in [0, 0.05) is 28.9 Å². The lowest BCUT2D eigenvalue weighted by atomic mass is 10.1. The normalized spacial score (nSPS) is 21.6.